The zero-order valence-electron chi connectivity index (χ0n) is 13.7. The van der Waals surface area contributed by atoms with Crippen molar-refractivity contribution >= 4 is 0 Å². The molecule has 0 bridgehead atoms. The predicted molar refractivity (Wildman–Crippen MR) is 91.8 cm³/mol. The fourth-order valence-corrected chi connectivity index (χ4v) is 2.74. The molecule has 0 aromatic heterocycles. The summed E-state index contributed by atoms with van der Waals surface area (Å²) in [4.78, 5) is 0. The molecule has 2 rings (SSSR count). The minimum atomic E-state index is 0.372. The Bertz CT molecular complexity index is 556. The molecule has 1 heteroatoms. The van der Waals surface area contributed by atoms with Crippen molar-refractivity contribution in [3.63, 3.8) is 0 Å². The molecule has 0 aliphatic carbocycles. The average molecular weight is 281 g/mol. The fourth-order valence-electron chi connectivity index (χ4n) is 2.74. The number of hydrogen-bond donors (Lipinski definition) is 1. The van der Waals surface area contributed by atoms with Gasteiger partial charge in [0.05, 0.1) is 0 Å². The quantitative estimate of drug-likeness (QED) is 0.784. The van der Waals surface area contributed by atoms with Gasteiger partial charge in [-0.2, -0.15) is 0 Å². The molecular weight excluding hydrogens is 254 g/mol. The van der Waals surface area contributed by atoms with E-state index in [9.17, 15) is 0 Å². The molecule has 0 heterocycles. The molecule has 2 unspecified atom stereocenters. The van der Waals surface area contributed by atoms with E-state index < -0.39 is 0 Å². The lowest BCUT2D eigenvalue weighted by atomic mass is 9.93. The summed E-state index contributed by atoms with van der Waals surface area (Å²) in [5.41, 5.74) is 5.59. The average Bonchev–Trinajstić information content (AvgIpc) is 2.53. The van der Waals surface area contributed by atoms with E-state index in [1.807, 2.05) is 7.05 Å². The summed E-state index contributed by atoms with van der Waals surface area (Å²) in [6.45, 7) is 6.72. The lowest BCUT2D eigenvalue weighted by Gasteiger charge is -2.19. The van der Waals surface area contributed by atoms with Gasteiger partial charge in [0, 0.05) is 6.04 Å². The van der Waals surface area contributed by atoms with Gasteiger partial charge in [-0.1, -0.05) is 62.4 Å². The van der Waals surface area contributed by atoms with Crippen LogP contribution in [0.1, 0.15) is 54.5 Å². The first-order valence-corrected chi connectivity index (χ1v) is 7.97. The van der Waals surface area contributed by atoms with E-state index in [4.69, 9.17) is 0 Å². The minimum absolute atomic E-state index is 0.372. The summed E-state index contributed by atoms with van der Waals surface area (Å²) in [6.07, 6.45) is 2.23. The minimum Gasteiger partial charge on any atom is -0.313 e. The van der Waals surface area contributed by atoms with Crippen molar-refractivity contribution in [2.75, 3.05) is 7.05 Å². The van der Waals surface area contributed by atoms with Crippen molar-refractivity contribution in [1.82, 2.24) is 5.32 Å². The number of aryl methyl sites for hydroxylation is 1. The predicted octanol–water partition coefficient (Wildman–Crippen LogP) is 5.01. The van der Waals surface area contributed by atoms with E-state index in [1.54, 1.807) is 0 Å². The molecule has 0 aliphatic heterocycles. The molecular formula is C20H27N. The van der Waals surface area contributed by atoms with Crippen molar-refractivity contribution in [3.05, 3.63) is 70.8 Å². The topological polar surface area (TPSA) is 12.0 Å². The molecule has 0 aliphatic rings. The highest BCUT2D eigenvalue weighted by Crippen LogP contribution is 2.24. The van der Waals surface area contributed by atoms with E-state index in [0.717, 1.165) is 6.42 Å². The maximum Gasteiger partial charge on any atom is 0.0358 e. The normalized spacial score (nSPS) is 13.9. The molecule has 1 N–H and O–H groups in total. The second-order valence-corrected chi connectivity index (χ2v) is 5.95. The van der Waals surface area contributed by atoms with Crippen molar-refractivity contribution in [3.8, 4) is 0 Å². The molecule has 0 amide bonds. The largest absolute Gasteiger partial charge is 0.313 e. The van der Waals surface area contributed by atoms with Crippen LogP contribution in [0.3, 0.4) is 0 Å². The van der Waals surface area contributed by atoms with Gasteiger partial charge in [-0.15, -0.1) is 0 Å². The van der Waals surface area contributed by atoms with Crippen LogP contribution in [0.2, 0.25) is 0 Å². The molecule has 0 spiro atoms. The van der Waals surface area contributed by atoms with E-state index >= 15 is 0 Å². The molecule has 0 saturated carbocycles. The second kappa shape index (κ2) is 7.42. The van der Waals surface area contributed by atoms with Crippen molar-refractivity contribution in [2.45, 2.75) is 45.6 Å². The second-order valence-electron chi connectivity index (χ2n) is 5.95. The van der Waals surface area contributed by atoms with Crippen LogP contribution in [0.25, 0.3) is 0 Å². The molecule has 0 fully saturated rings. The van der Waals surface area contributed by atoms with Gasteiger partial charge in [-0.3, -0.25) is 0 Å². The summed E-state index contributed by atoms with van der Waals surface area (Å²) in [5.74, 6) is 0.642. The molecule has 21 heavy (non-hydrogen) atoms. The van der Waals surface area contributed by atoms with Gasteiger partial charge in [0.2, 0.25) is 0 Å². The van der Waals surface area contributed by atoms with Crippen LogP contribution < -0.4 is 5.32 Å². The van der Waals surface area contributed by atoms with Gasteiger partial charge in [0.1, 0.15) is 0 Å². The first-order valence-electron chi connectivity index (χ1n) is 7.97. The third kappa shape index (κ3) is 3.95. The Balaban J connectivity index is 2.16. The van der Waals surface area contributed by atoms with E-state index in [1.165, 1.54) is 28.7 Å². The van der Waals surface area contributed by atoms with Crippen LogP contribution in [0, 0.1) is 6.92 Å². The number of hydrogen-bond acceptors (Lipinski definition) is 1. The zero-order chi connectivity index (χ0) is 15.2. The SMILES string of the molecule is CCC(C)c1ccc(C(Cc2ccccc2C)NC)cc1. The number of benzene rings is 2. The van der Waals surface area contributed by atoms with Crippen LogP contribution in [-0.4, -0.2) is 7.05 Å². The molecule has 2 atom stereocenters. The van der Waals surface area contributed by atoms with Gasteiger partial charge in [-0.05, 0) is 55.0 Å². The van der Waals surface area contributed by atoms with Crippen LogP contribution in [0.4, 0.5) is 0 Å². The van der Waals surface area contributed by atoms with Gasteiger partial charge in [0.25, 0.3) is 0 Å². The van der Waals surface area contributed by atoms with Gasteiger partial charge in [0.15, 0.2) is 0 Å². The first-order chi connectivity index (χ1) is 10.2. The summed E-state index contributed by atoms with van der Waals surface area (Å²) in [5, 5.41) is 3.46. The van der Waals surface area contributed by atoms with Crippen LogP contribution >= 0.6 is 0 Å². The van der Waals surface area contributed by atoms with Crippen LogP contribution in [0.5, 0.6) is 0 Å². The smallest absolute Gasteiger partial charge is 0.0358 e. The van der Waals surface area contributed by atoms with Crippen LogP contribution in [-0.2, 0) is 6.42 Å². The molecule has 112 valence electrons. The van der Waals surface area contributed by atoms with Gasteiger partial charge < -0.3 is 5.32 Å². The molecule has 1 nitrogen and oxygen atoms in total. The third-order valence-electron chi connectivity index (χ3n) is 4.55. The van der Waals surface area contributed by atoms with Crippen molar-refractivity contribution in [2.24, 2.45) is 0 Å². The standard InChI is InChI=1S/C20H27N/c1-5-15(2)17-10-12-18(13-11-17)20(21-4)14-19-9-7-6-8-16(19)3/h6-13,15,20-21H,5,14H2,1-4H3. The molecule has 0 saturated heterocycles. The summed E-state index contributed by atoms with van der Waals surface area (Å²) in [7, 11) is 2.05. The van der Waals surface area contributed by atoms with Crippen molar-refractivity contribution < 1.29 is 0 Å². The number of likely N-dealkylation sites (N-methyl/N-ethyl adjacent to an activating group) is 1. The number of rotatable bonds is 6. The number of nitrogens with one attached hydrogen (secondary N) is 1. The maximum atomic E-state index is 3.46. The van der Waals surface area contributed by atoms with E-state index in [-0.39, 0.29) is 0 Å². The Morgan fingerprint density at radius 1 is 0.952 bits per heavy atom. The summed E-state index contributed by atoms with van der Waals surface area (Å²) < 4.78 is 0. The van der Waals surface area contributed by atoms with Gasteiger partial charge >= 0.3 is 0 Å². The highest BCUT2D eigenvalue weighted by molar-refractivity contribution is 5.31. The van der Waals surface area contributed by atoms with Crippen LogP contribution in [0.15, 0.2) is 48.5 Å². The fraction of sp³-hybridized carbons (Fsp3) is 0.400. The summed E-state index contributed by atoms with van der Waals surface area (Å²) >= 11 is 0. The molecule has 0 radical (unpaired) electrons. The lowest BCUT2D eigenvalue weighted by Crippen LogP contribution is -2.19. The first kappa shape index (κ1) is 15.8. The zero-order valence-corrected chi connectivity index (χ0v) is 13.7. The lowest BCUT2D eigenvalue weighted by molar-refractivity contribution is 0.590. The third-order valence-corrected chi connectivity index (χ3v) is 4.55. The van der Waals surface area contributed by atoms with E-state index in [2.05, 4.69) is 74.6 Å². The van der Waals surface area contributed by atoms with E-state index in [0.29, 0.717) is 12.0 Å². The Labute approximate surface area is 129 Å². The Kier molecular flexibility index (Phi) is 5.58. The Hall–Kier alpha value is -1.60. The summed E-state index contributed by atoms with van der Waals surface area (Å²) in [6, 6.07) is 18.1. The highest BCUT2D eigenvalue weighted by atomic mass is 14.9. The highest BCUT2D eigenvalue weighted by Gasteiger charge is 2.12. The molecule has 2 aromatic carbocycles. The van der Waals surface area contributed by atoms with Crippen molar-refractivity contribution in [1.29, 1.82) is 0 Å². The Morgan fingerprint density at radius 2 is 1.57 bits per heavy atom. The molecule has 2 aromatic rings. The maximum absolute atomic E-state index is 3.46. The Morgan fingerprint density at radius 3 is 2.14 bits per heavy atom. The van der Waals surface area contributed by atoms with Gasteiger partial charge in [-0.25, -0.2) is 0 Å². The monoisotopic (exact) mass is 281 g/mol.